The van der Waals surface area contributed by atoms with Crippen molar-refractivity contribution in [2.45, 2.75) is 91.0 Å². The van der Waals surface area contributed by atoms with Crippen molar-refractivity contribution in [2.75, 3.05) is 6.61 Å². The summed E-state index contributed by atoms with van der Waals surface area (Å²) in [6, 6.07) is 8.06. The van der Waals surface area contributed by atoms with Gasteiger partial charge in [0.25, 0.3) is 0 Å². The fourth-order valence-electron chi connectivity index (χ4n) is 3.83. The van der Waals surface area contributed by atoms with E-state index in [1.807, 2.05) is 37.4 Å². The Kier molecular flexibility index (Phi) is 10.5. The molecule has 0 saturated heterocycles. The number of aromatic nitrogens is 1. The minimum Gasteiger partial charge on any atom is -0.466 e. The largest absolute Gasteiger partial charge is 0.466 e. The number of carbonyl (C=O) groups excluding carboxylic acids is 2. The zero-order valence-corrected chi connectivity index (χ0v) is 18.3. The van der Waals surface area contributed by atoms with Crippen molar-refractivity contribution < 1.29 is 14.3 Å². The van der Waals surface area contributed by atoms with Crippen molar-refractivity contribution in [3.8, 4) is 0 Å². The van der Waals surface area contributed by atoms with E-state index in [0.29, 0.717) is 32.4 Å². The fraction of sp³-hybridized carbons (Fsp3) is 0.600. The normalized spacial score (nSPS) is 11.1. The second-order valence-electron chi connectivity index (χ2n) is 7.81. The molecule has 2 rings (SSSR count). The molecular formula is C25H37NO3. The van der Waals surface area contributed by atoms with Gasteiger partial charge in [-0.05, 0) is 25.8 Å². The van der Waals surface area contributed by atoms with E-state index in [2.05, 4.69) is 11.5 Å². The maximum Gasteiger partial charge on any atom is 0.305 e. The van der Waals surface area contributed by atoms with Crippen LogP contribution in [0.2, 0.25) is 0 Å². The lowest BCUT2D eigenvalue weighted by atomic mass is 10.0. The highest BCUT2D eigenvalue weighted by atomic mass is 16.5. The third-order valence-corrected chi connectivity index (χ3v) is 5.43. The average Bonchev–Trinajstić information content (AvgIpc) is 3.09. The topological polar surface area (TPSA) is 48.3 Å². The number of aryl methyl sites for hydroxylation is 1. The molecule has 4 heteroatoms. The fourth-order valence-corrected chi connectivity index (χ4v) is 3.83. The summed E-state index contributed by atoms with van der Waals surface area (Å²) in [5.74, 6) is 0.0753. The molecule has 0 fully saturated rings. The first-order valence-electron chi connectivity index (χ1n) is 11.4. The third kappa shape index (κ3) is 7.68. The van der Waals surface area contributed by atoms with E-state index < -0.39 is 0 Å². The number of esters is 1. The van der Waals surface area contributed by atoms with Gasteiger partial charge in [-0.25, -0.2) is 0 Å². The number of para-hydroxylation sites is 1. The molecule has 0 aliphatic heterocycles. The van der Waals surface area contributed by atoms with E-state index in [4.69, 9.17) is 4.74 Å². The van der Waals surface area contributed by atoms with E-state index >= 15 is 0 Å². The predicted molar refractivity (Wildman–Crippen MR) is 119 cm³/mol. The van der Waals surface area contributed by atoms with Crippen molar-refractivity contribution in [3.63, 3.8) is 0 Å². The molecule has 0 N–H and O–H groups in total. The summed E-state index contributed by atoms with van der Waals surface area (Å²) >= 11 is 0. The zero-order chi connectivity index (χ0) is 20.9. The third-order valence-electron chi connectivity index (χ3n) is 5.43. The summed E-state index contributed by atoms with van der Waals surface area (Å²) in [5.41, 5.74) is 1.88. The molecule has 0 radical (unpaired) electrons. The molecule has 0 spiro atoms. The van der Waals surface area contributed by atoms with Crippen LogP contribution in [0.15, 0.2) is 30.5 Å². The van der Waals surface area contributed by atoms with Crippen LogP contribution in [0.4, 0.5) is 0 Å². The highest BCUT2D eigenvalue weighted by Crippen LogP contribution is 2.24. The molecule has 1 aromatic heterocycles. The van der Waals surface area contributed by atoms with Gasteiger partial charge in [0.15, 0.2) is 5.78 Å². The number of unbranched alkanes of at least 4 members (excludes halogenated alkanes) is 7. The van der Waals surface area contributed by atoms with Gasteiger partial charge in [0.1, 0.15) is 0 Å². The molecule has 2 aromatic rings. The van der Waals surface area contributed by atoms with Gasteiger partial charge in [-0.1, -0.05) is 70.1 Å². The van der Waals surface area contributed by atoms with E-state index in [9.17, 15) is 9.59 Å². The Balaban J connectivity index is 1.86. The van der Waals surface area contributed by atoms with Gasteiger partial charge < -0.3 is 9.30 Å². The summed E-state index contributed by atoms with van der Waals surface area (Å²) in [6.45, 7) is 5.19. The number of nitrogens with zero attached hydrogens (tertiary/aromatic N) is 1. The number of ether oxygens (including phenoxy) is 1. The number of hydrogen-bond acceptors (Lipinski definition) is 3. The van der Waals surface area contributed by atoms with Crippen molar-refractivity contribution in [1.29, 1.82) is 0 Å². The Morgan fingerprint density at radius 3 is 2.28 bits per heavy atom. The zero-order valence-electron chi connectivity index (χ0n) is 18.3. The van der Waals surface area contributed by atoms with E-state index in [-0.39, 0.29) is 11.8 Å². The summed E-state index contributed by atoms with van der Waals surface area (Å²) in [7, 11) is 0. The summed E-state index contributed by atoms with van der Waals surface area (Å²) in [4.78, 5) is 24.4. The Morgan fingerprint density at radius 2 is 1.55 bits per heavy atom. The van der Waals surface area contributed by atoms with Gasteiger partial charge in [-0.2, -0.15) is 0 Å². The van der Waals surface area contributed by atoms with Gasteiger partial charge in [-0.3, -0.25) is 9.59 Å². The van der Waals surface area contributed by atoms with Crippen LogP contribution in [0.1, 0.15) is 94.8 Å². The predicted octanol–water partition coefficient (Wildman–Crippen LogP) is 6.70. The molecule has 4 nitrogen and oxygen atoms in total. The molecule has 0 bridgehead atoms. The van der Waals surface area contributed by atoms with E-state index in [0.717, 1.165) is 29.3 Å². The second-order valence-corrected chi connectivity index (χ2v) is 7.81. The van der Waals surface area contributed by atoms with E-state index in [1.165, 1.54) is 38.5 Å². The quantitative estimate of drug-likeness (QED) is 0.190. The van der Waals surface area contributed by atoms with Crippen LogP contribution in [-0.2, 0) is 16.1 Å². The molecule has 160 valence electrons. The van der Waals surface area contributed by atoms with Gasteiger partial charge >= 0.3 is 5.97 Å². The molecule has 1 aromatic carbocycles. The molecule has 29 heavy (non-hydrogen) atoms. The van der Waals surface area contributed by atoms with Gasteiger partial charge in [-0.15, -0.1) is 0 Å². The molecule has 0 saturated carbocycles. The number of ketones is 1. The lowest BCUT2D eigenvalue weighted by Crippen LogP contribution is -2.06. The number of benzene rings is 1. The minimum absolute atomic E-state index is 0.157. The van der Waals surface area contributed by atoms with Crippen LogP contribution in [0.3, 0.4) is 0 Å². The minimum atomic E-state index is -0.157. The van der Waals surface area contributed by atoms with Crippen LogP contribution >= 0.6 is 0 Å². The number of rotatable bonds is 15. The van der Waals surface area contributed by atoms with Crippen molar-refractivity contribution in [1.82, 2.24) is 4.57 Å². The van der Waals surface area contributed by atoms with Crippen LogP contribution in [0, 0.1) is 0 Å². The van der Waals surface area contributed by atoms with Crippen LogP contribution in [-0.4, -0.2) is 22.9 Å². The number of fused-ring (bicyclic) bond motifs is 1. The molecule has 1 heterocycles. The van der Waals surface area contributed by atoms with Crippen molar-refractivity contribution in [3.05, 3.63) is 36.0 Å². The first-order valence-corrected chi connectivity index (χ1v) is 11.4. The monoisotopic (exact) mass is 399 g/mol. The second kappa shape index (κ2) is 13.2. The smallest absolute Gasteiger partial charge is 0.305 e. The summed E-state index contributed by atoms with van der Waals surface area (Å²) < 4.78 is 7.11. The SMILES string of the molecule is CCCCCCCCCCC(=O)c1cn(CCCC(=O)OCC)c2ccccc12. The lowest BCUT2D eigenvalue weighted by molar-refractivity contribution is -0.143. The molecule has 0 aliphatic rings. The molecule has 0 atom stereocenters. The lowest BCUT2D eigenvalue weighted by Gasteiger charge is -2.05. The van der Waals surface area contributed by atoms with Crippen LogP contribution < -0.4 is 0 Å². The molecular weight excluding hydrogens is 362 g/mol. The van der Waals surface area contributed by atoms with Crippen LogP contribution in [0.25, 0.3) is 10.9 Å². The molecule has 0 aliphatic carbocycles. The number of Topliss-reactive ketones (excluding diaryl/α,β-unsaturated/α-hetero) is 1. The maximum atomic E-state index is 12.8. The Morgan fingerprint density at radius 1 is 0.862 bits per heavy atom. The summed E-state index contributed by atoms with van der Waals surface area (Å²) in [6.07, 6.45) is 13.6. The maximum absolute atomic E-state index is 12.8. The van der Waals surface area contributed by atoms with Crippen LogP contribution in [0.5, 0.6) is 0 Å². The highest BCUT2D eigenvalue weighted by Gasteiger charge is 2.14. The Hall–Kier alpha value is -2.10. The molecule has 0 amide bonds. The summed E-state index contributed by atoms with van der Waals surface area (Å²) in [5, 5.41) is 1.02. The highest BCUT2D eigenvalue weighted by molar-refractivity contribution is 6.08. The first kappa shape index (κ1) is 23.2. The standard InChI is InChI=1S/C25H37NO3/c1-3-5-6-7-8-9-10-11-17-24(27)22-20-26(19-14-18-25(28)29-4-2)23-16-13-12-15-21(22)23/h12-13,15-16,20H,3-11,14,17-19H2,1-2H3. The van der Waals surface area contributed by atoms with Crippen molar-refractivity contribution >= 4 is 22.7 Å². The van der Waals surface area contributed by atoms with Crippen molar-refractivity contribution in [2.24, 2.45) is 0 Å². The van der Waals surface area contributed by atoms with Gasteiger partial charge in [0, 0.05) is 42.0 Å². The Labute approximate surface area is 175 Å². The average molecular weight is 400 g/mol. The number of carbonyl (C=O) groups is 2. The Bertz CT molecular complexity index is 763. The number of hydrogen-bond donors (Lipinski definition) is 0. The van der Waals surface area contributed by atoms with E-state index in [1.54, 1.807) is 0 Å². The molecule has 0 unspecified atom stereocenters. The van der Waals surface area contributed by atoms with Gasteiger partial charge in [0.05, 0.1) is 6.61 Å². The first-order chi connectivity index (χ1) is 14.2. The van der Waals surface area contributed by atoms with Gasteiger partial charge in [0.2, 0.25) is 0 Å².